The molecule has 1 fully saturated rings. The van der Waals surface area contributed by atoms with Gasteiger partial charge in [-0.3, -0.25) is 19.7 Å². The number of urea groups is 1. The molecule has 5 amide bonds. The minimum Gasteiger partial charge on any atom is -0.497 e. The van der Waals surface area contributed by atoms with Gasteiger partial charge in [-0.2, -0.15) is 0 Å². The second kappa shape index (κ2) is 7.51. The number of ether oxygens (including phenoxy) is 2. The normalized spacial score (nSPS) is 18.2. The number of amides is 5. The van der Waals surface area contributed by atoms with E-state index in [1.165, 1.54) is 9.80 Å². The lowest BCUT2D eigenvalue weighted by Crippen LogP contribution is -2.61. The van der Waals surface area contributed by atoms with E-state index in [0.29, 0.717) is 22.6 Å². The number of benzene rings is 2. The number of carbonyl (C=O) groups is 4. The number of hydrogen-bond donors (Lipinski definition) is 2. The molecule has 3 heterocycles. The van der Waals surface area contributed by atoms with Crippen LogP contribution in [0.4, 0.5) is 4.79 Å². The molecule has 10 nitrogen and oxygen atoms in total. The smallest absolute Gasteiger partial charge is 0.322 e. The molecule has 0 spiro atoms. The monoisotopic (exact) mass is 450 g/mol. The Morgan fingerprint density at radius 3 is 1.70 bits per heavy atom. The summed E-state index contributed by atoms with van der Waals surface area (Å²) in [5.74, 6) is 0.181. The lowest BCUT2D eigenvalue weighted by atomic mass is 9.98. The molecule has 170 valence electrons. The third-order valence-corrected chi connectivity index (χ3v) is 6.32. The molecule has 1 saturated heterocycles. The molecule has 0 saturated carbocycles. The van der Waals surface area contributed by atoms with Crippen LogP contribution in [0.1, 0.15) is 31.8 Å². The molecule has 0 radical (unpaired) electrons. The zero-order chi connectivity index (χ0) is 23.3. The van der Waals surface area contributed by atoms with E-state index < -0.39 is 17.5 Å². The second-order valence-corrected chi connectivity index (χ2v) is 8.36. The van der Waals surface area contributed by atoms with Crippen LogP contribution in [0.5, 0.6) is 11.5 Å². The maximum Gasteiger partial charge on any atom is 0.322 e. The molecule has 10 heteroatoms. The summed E-state index contributed by atoms with van der Waals surface area (Å²) in [6, 6.07) is 9.68. The van der Waals surface area contributed by atoms with Gasteiger partial charge in [0.05, 0.1) is 27.3 Å². The van der Waals surface area contributed by atoms with Gasteiger partial charge in [0.1, 0.15) is 11.5 Å². The summed E-state index contributed by atoms with van der Waals surface area (Å²) in [4.78, 5) is 54.1. The van der Waals surface area contributed by atoms with Crippen molar-refractivity contribution in [3.05, 3.63) is 58.7 Å². The van der Waals surface area contributed by atoms with Crippen molar-refractivity contribution in [1.82, 2.24) is 20.4 Å². The standard InChI is InChI=1S/C23H22N4O6/c1-32-15-3-5-17-13(7-15)9-26(19(17)28)11-23(21(30)24-22(31)25-23)12-27-10-14-8-16(33-2)4-6-18(14)20(27)29/h3-8H,9-12H2,1-2H3,(H2,24,25,30,31). The molecule has 0 aromatic heterocycles. The number of carbonyl (C=O) groups excluding carboxylic acids is 4. The molecule has 0 bridgehead atoms. The average molecular weight is 450 g/mol. The summed E-state index contributed by atoms with van der Waals surface area (Å²) >= 11 is 0. The van der Waals surface area contributed by atoms with Crippen LogP contribution in [0.25, 0.3) is 0 Å². The zero-order valence-electron chi connectivity index (χ0n) is 18.1. The summed E-state index contributed by atoms with van der Waals surface area (Å²) in [6.45, 7) is 0.372. The Labute approximate surface area is 189 Å². The topological polar surface area (TPSA) is 117 Å². The number of rotatable bonds is 6. The van der Waals surface area contributed by atoms with E-state index in [1.54, 1.807) is 50.6 Å². The summed E-state index contributed by atoms with van der Waals surface area (Å²) in [6.07, 6.45) is 0. The molecule has 2 N–H and O–H groups in total. The highest BCUT2D eigenvalue weighted by molar-refractivity contribution is 6.09. The molecule has 2 aromatic carbocycles. The molecule has 2 aromatic rings. The van der Waals surface area contributed by atoms with Gasteiger partial charge < -0.3 is 24.6 Å². The lowest BCUT2D eigenvalue weighted by molar-refractivity contribution is -0.125. The van der Waals surface area contributed by atoms with Gasteiger partial charge in [-0.05, 0) is 47.5 Å². The van der Waals surface area contributed by atoms with Gasteiger partial charge in [-0.15, -0.1) is 0 Å². The van der Waals surface area contributed by atoms with Crippen LogP contribution in [0.2, 0.25) is 0 Å². The summed E-state index contributed by atoms with van der Waals surface area (Å²) in [5.41, 5.74) is 1.12. The Bertz CT molecular complexity index is 1130. The Morgan fingerprint density at radius 2 is 1.30 bits per heavy atom. The fraction of sp³-hybridized carbons (Fsp3) is 0.304. The molecule has 33 heavy (non-hydrogen) atoms. The number of nitrogens with zero attached hydrogens (tertiary/aromatic N) is 2. The maximum absolute atomic E-state index is 13.0. The third kappa shape index (κ3) is 3.34. The zero-order valence-corrected chi connectivity index (χ0v) is 18.1. The highest BCUT2D eigenvalue weighted by atomic mass is 16.5. The average Bonchev–Trinajstić information content (AvgIpc) is 3.38. The highest BCUT2D eigenvalue weighted by Crippen LogP contribution is 2.31. The van der Waals surface area contributed by atoms with Crippen molar-refractivity contribution in [2.45, 2.75) is 18.6 Å². The number of imide groups is 1. The fourth-order valence-corrected chi connectivity index (χ4v) is 4.68. The fourth-order valence-electron chi connectivity index (χ4n) is 4.68. The molecule has 0 atom stereocenters. The molecule has 0 aliphatic carbocycles. The van der Waals surface area contributed by atoms with E-state index in [4.69, 9.17) is 9.47 Å². The first-order valence-electron chi connectivity index (χ1n) is 10.4. The van der Waals surface area contributed by atoms with Crippen LogP contribution in [0.3, 0.4) is 0 Å². The van der Waals surface area contributed by atoms with E-state index in [-0.39, 0.29) is 38.0 Å². The Balaban J connectivity index is 1.41. The predicted molar refractivity (Wildman–Crippen MR) is 115 cm³/mol. The first-order valence-corrected chi connectivity index (χ1v) is 10.4. The van der Waals surface area contributed by atoms with Gasteiger partial charge in [0.25, 0.3) is 17.7 Å². The molecule has 3 aliphatic rings. The van der Waals surface area contributed by atoms with Crippen molar-refractivity contribution >= 4 is 23.8 Å². The van der Waals surface area contributed by atoms with Crippen LogP contribution in [-0.4, -0.2) is 66.4 Å². The molecular weight excluding hydrogens is 428 g/mol. The highest BCUT2D eigenvalue weighted by Gasteiger charge is 2.51. The minimum atomic E-state index is -1.47. The largest absolute Gasteiger partial charge is 0.497 e. The van der Waals surface area contributed by atoms with Crippen LogP contribution < -0.4 is 20.1 Å². The first kappa shape index (κ1) is 20.8. The van der Waals surface area contributed by atoms with Crippen molar-refractivity contribution in [2.75, 3.05) is 27.3 Å². The molecule has 3 aliphatic heterocycles. The third-order valence-electron chi connectivity index (χ3n) is 6.32. The van der Waals surface area contributed by atoms with Gasteiger partial charge in [-0.1, -0.05) is 0 Å². The maximum atomic E-state index is 13.0. The van der Waals surface area contributed by atoms with Gasteiger partial charge in [0.2, 0.25) is 0 Å². The number of methoxy groups -OCH3 is 2. The van der Waals surface area contributed by atoms with Crippen molar-refractivity contribution in [3.8, 4) is 11.5 Å². The molecular formula is C23H22N4O6. The minimum absolute atomic E-state index is 0.0795. The van der Waals surface area contributed by atoms with Crippen LogP contribution in [0, 0.1) is 0 Å². The number of fused-ring (bicyclic) bond motifs is 2. The second-order valence-electron chi connectivity index (χ2n) is 8.36. The van der Waals surface area contributed by atoms with Crippen molar-refractivity contribution < 1.29 is 28.7 Å². The predicted octanol–water partition coefficient (Wildman–Crippen LogP) is 0.894. The van der Waals surface area contributed by atoms with Crippen LogP contribution >= 0.6 is 0 Å². The van der Waals surface area contributed by atoms with E-state index in [2.05, 4.69) is 10.6 Å². The SMILES string of the molecule is COc1ccc2c(c1)CN(CC1(CN3Cc4cc(OC)ccc4C3=O)NC(=O)NC1=O)C2=O. The van der Waals surface area contributed by atoms with Gasteiger partial charge >= 0.3 is 6.03 Å². The quantitative estimate of drug-likeness (QED) is 0.632. The van der Waals surface area contributed by atoms with Crippen molar-refractivity contribution in [3.63, 3.8) is 0 Å². The summed E-state index contributed by atoms with van der Waals surface area (Å²) in [7, 11) is 3.09. The van der Waals surface area contributed by atoms with Crippen LogP contribution in [0.15, 0.2) is 36.4 Å². The van der Waals surface area contributed by atoms with Gasteiger partial charge in [0, 0.05) is 24.2 Å². The summed E-state index contributed by atoms with van der Waals surface area (Å²) in [5, 5.41) is 4.93. The Kier molecular flexibility index (Phi) is 4.73. The van der Waals surface area contributed by atoms with E-state index in [1.807, 2.05) is 0 Å². The van der Waals surface area contributed by atoms with Crippen molar-refractivity contribution in [1.29, 1.82) is 0 Å². The summed E-state index contributed by atoms with van der Waals surface area (Å²) < 4.78 is 10.5. The Hall–Kier alpha value is -4.08. The molecule has 5 rings (SSSR count). The van der Waals surface area contributed by atoms with E-state index in [9.17, 15) is 19.2 Å². The van der Waals surface area contributed by atoms with Gasteiger partial charge in [-0.25, -0.2) is 4.79 Å². The van der Waals surface area contributed by atoms with Crippen LogP contribution in [-0.2, 0) is 17.9 Å². The first-order chi connectivity index (χ1) is 15.8. The number of nitrogens with one attached hydrogen (secondary N) is 2. The molecule has 0 unspecified atom stereocenters. The lowest BCUT2D eigenvalue weighted by Gasteiger charge is -2.34. The van der Waals surface area contributed by atoms with Gasteiger partial charge in [0.15, 0.2) is 5.54 Å². The van der Waals surface area contributed by atoms with Crippen molar-refractivity contribution in [2.24, 2.45) is 0 Å². The van der Waals surface area contributed by atoms with E-state index >= 15 is 0 Å². The van der Waals surface area contributed by atoms with E-state index in [0.717, 1.165) is 11.1 Å². The number of hydrogen-bond acceptors (Lipinski definition) is 6. The Morgan fingerprint density at radius 1 is 0.818 bits per heavy atom.